The van der Waals surface area contributed by atoms with Crippen LogP contribution in [0.3, 0.4) is 0 Å². The maximum Gasteiger partial charge on any atom is 0.513 e. The van der Waals surface area contributed by atoms with Crippen molar-refractivity contribution in [3.05, 3.63) is 62.9 Å². The van der Waals surface area contributed by atoms with Crippen LogP contribution in [0.25, 0.3) is 0 Å². The number of carbonyl (C=O) groups excluding carboxylic acids is 2. The van der Waals surface area contributed by atoms with E-state index < -0.39 is 23.2 Å². The Labute approximate surface area is 224 Å². The molecular weight excluding hydrogens is 492 g/mol. The number of rotatable bonds is 15. The summed E-state index contributed by atoms with van der Waals surface area (Å²) in [4.78, 5) is 35.6. The number of benzene rings is 1. The first kappa shape index (κ1) is 30.7. The second-order valence-corrected chi connectivity index (χ2v) is 9.20. The summed E-state index contributed by atoms with van der Waals surface area (Å²) in [5.74, 6) is -0.690. The number of hydrogen-bond donors (Lipinski definition) is 1. The van der Waals surface area contributed by atoms with Crippen molar-refractivity contribution >= 4 is 18.0 Å². The SMILES string of the molecule is CCCCCCCCCCCOC(=O)OC1=C(C)NC(C)=C(OC(=O)OCC)C1c1cccc([N+](=O)[O-])c1. The monoisotopic (exact) mass is 532 g/mol. The molecule has 1 heterocycles. The molecule has 10 nitrogen and oxygen atoms in total. The molecule has 1 aliphatic heterocycles. The van der Waals surface area contributed by atoms with E-state index in [0.717, 1.165) is 19.3 Å². The minimum atomic E-state index is -0.939. The Balaban J connectivity index is 2.07. The van der Waals surface area contributed by atoms with E-state index in [9.17, 15) is 19.7 Å². The molecule has 0 bridgehead atoms. The van der Waals surface area contributed by atoms with Gasteiger partial charge in [0.2, 0.25) is 0 Å². The van der Waals surface area contributed by atoms with Gasteiger partial charge in [-0.1, -0.05) is 70.4 Å². The summed E-state index contributed by atoms with van der Waals surface area (Å²) < 4.78 is 21.3. The maximum atomic E-state index is 12.6. The van der Waals surface area contributed by atoms with E-state index in [1.165, 1.54) is 56.7 Å². The van der Waals surface area contributed by atoms with Gasteiger partial charge >= 0.3 is 12.3 Å². The Hall–Kier alpha value is -3.56. The molecule has 0 radical (unpaired) electrons. The summed E-state index contributed by atoms with van der Waals surface area (Å²) in [6, 6.07) is 5.85. The van der Waals surface area contributed by atoms with Gasteiger partial charge in [-0.3, -0.25) is 10.1 Å². The van der Waals surface area contributed by atoms with Crippen LogP contribution in [-0.4, -0.2) is 30.4 Å². The Morgan fingerprint density at radius 2 is 1.42 bits per heavy atom. The molecule has 1 unspecified atom stereocenters. The quantitative estimate of drug-likeness (QED) is 0.105. The van der Waals surface area contributed by atoms with Gasteiger partial charge in [0.25, 0.3) is 5.69 Å². The molecule has 0 aliphatic carbocycles. The molecule has 0 amide bonds. The lowest BCUT2D eigenvalue weighted by atomic mass is 9.90. The zero-order valence-electron chi connectivity index (χ0n) is 22.9. The molecule has 0 saturated heterocycles. The Morgan fingerprint density at radius 3 is 1.97 bits per heavy atom. The van der Waals surface area contributed by atoms with Gasteiger partial charge in [0.1, 0.15) is 17.4 Å². The van der Waals surface area contributed by atoms with Gasteiger partial charge in [0.15, 0.2) is 0 Å². The highest BCUT2D eigenvalue weighted by molar-refractivity contribution is 5.65. The number of unbranched alkanes of at least 4 members (excludes halogenated alkanes) is 8. The number of carbonyl (C=O) groups is 2. The maximum absolute atomic E-state index is 12.6. The van der Waals surface area contributed by atoms with Gasteiger partial charge in [-0.25, -0.2) is 9.59 Å². The lowest BCUT2D eigenvalue weighted by molar-refractivity contribution is -0.384. The first-order valence-corrected chi connectivity index (χ1v) is 13.4. The molecule has 1 aromatic carbocycles. The van der Waals surface area contributed by atoms with Gasteiger partial charge < -0.3 is 24.3 Å². The summed E-state index contributed by atoms with van der Waals surface area (Å²) >= 11 is 0. The topological polar surface area (TPSA) is 126 Å². The largest absolute Gasteiger partial charge is 0.513 e. The zero-order valence-corrected chi connectivity index (χ0v) is 22.9. The first-order valence-electron chi connectivity index (χ1n) is 13.4. The second-order valence-electron chi connectivity index (χ2n) is 9.20. The summed E-state index contributed by atoms with van der Waals surface area (Å²) in [6.07, 6.45) is 8.41. The van der Waals surface area contributed by atoms with Gasteiger partial charge in [-0.2, -0.15) is 0 Å². The minimum Gasteiger partial charge on any atom is -0.434 e. The van der Waals surface area contributed by atoms with Crippen molar-refractivity contribution in [3.63, 3.8) is 0 Å². The molecule has 0 fully saturated rings. The van der Waals surface area contributed by atoms with Crippen LogP contribution in [0.1, 0.15) is 97.0 Å². The van der Waals surface area contributed by atoms with E-state index >= 15 is 0 Å². The fourth-order valence-electron chi connectivity index (χ4n) is 4.27. The highest BCUT2D eigenvalue weighted by Gasteiger charge is 2.36. The zero-order chi connectivity index (χ0) is 27.9. The van der Waals surface area contributed by atoms with Crippen LogP contribution in [0.15, 0.2) is 47.2 Å². The third kappa shape index (κ3) is 9.72. The number of allylic oxidation sites excluding steroid dienone is 2. The van der Waals surface area contributed by atoms with E-state index in [0.29, 0.717) is 17.0 Å². The average Bonchev–Trinajstić information content (AvgIpc) is 2.88. The fourth-order valence-corrected chi connectivity index (χ4v) is 4.27. The number of nitro groups is 1. The van der Waals surface area contributed by atoms with E-state index in [-0.39, 0.29) is 30.4 Å². The molecular formula is C28H40N2O8. The van der Waals surface area contributed by atoms with Crippen LogP contribution in [-0.2, 0) is 18.9 Å². The normalized spacial score (nSPS) is 15.1. The smallest absolute Gasteiger partial charge is 0.434 e. The number of nitro benzene ring substituents is 1. The average molecular weight is 533 g/mol. The van der Waals surface area contributed by atoms with Crippen molar-refractivity contribution in [1.29, 1.82) is 0 Å². The third-order valence-electron chi connectivity index (χ3n) is 6.17. The molecule has 2 rings (SSSR count). The van der Waals surface area contributed by atoms with Crippen molar-refractivity contribution in [2.75, 3.05) is 13.2 Å². The van der Waals surface area contributed by atoms with Gasteiger partial charge in [-0.15, -0.1) is 0 Å². The van der Waals surface area contributed by atoms with Crippen LogP contribution in [0.5, 0.6) is 0 Å². The Morgan fingerprint density at radius 1 is 0.868 bits per heavy atom. The predicted octanol–water partition coefficient (Wildman–Crippen LogP) is 7.60. The first-order chi connectivity index (χ1) is 18.3. The highest BCUT2D eigenvalue weighted by atomic mass is 16.7. The minimum absolute atomic E-state index is 0.101. The molecule has 0 saturated carbocycles. The molecule has 1 N–H and O–H groups in total. The van der Waals surface area contributed by atoms with Crippen molar-refractivity contribution in [3.8, 4) is 0 Å². The second kappa shape index (κ2) is 16.3. The van der Waals surface area contributed by atoms with Gasteiger partial charge in [0.05, 0.1) is 29.5 Å². The van der Waals surface area contributed by atoms with Gasteiger partial charge in [0, 0.05) is 12.1 Å². The van der Waals surface area contributed by atoms with Crippen molar-refractivity contribution in [1.82, 2.24) is 5.32 Å². The van der Waals surface area contributed by atoms with E-state index in [1.54, 1.807) is 26.8 Å². The number of hydrogen-bond acceptors (Lipinski definition) is 9. The number of nitrogens with one attached hydrogen (secondary N) is 1. The lowest BCUT2D eigenvalue weighted by Gasteiger charge is -2.30. The van der Waals surface area contributed by atoms with Crippen LogP contribution in [0, 0.1) is 10.1 Å². The third-order valence-corrected chi connectivity index (χ3v) is 6.17. The summed E-state index contributed by atoms with van der Waals surface area (Å²) in [6.45, 7) is 7.54. The molecule has 210 valence electrons. The molecule has 1 aliphatic rings. The number of nitrogens with zero attached hydrogens (tertiary/aromatic N) is 1. The van der Waals surface area contributed by atoms with E-state index in [4.69, 9.17) is 18.9 Å². The number of dihydropyridines is 1. The molecule has 38 heavy (non-hydrogen) atoms. The fraction of sp³-hybridized carbons (Fsp3) is 0.571. The van der Waals surface area contributed by atoms with Crippen LogP contribution in [0.2, 0.25) is 0 Å². The highest BCUT2D eigenvalue weighted by Crippen LogP contribution is 2.40. The molecule has 10 heteroatoms. The van der Waals surface area contributed by atoms with Crippen molar-refractivity contribution < 1.29 is 33.5 Å². The van der Waals surface area contributed by atoms with Gasteiger partial charge in [-0.05, 0) is 32.8 Å². The summed E-state index contributed by atoms with van der Waals surface area (Å²) in [7, 11) is 0. The Kier molecular flexibility index (Phi) is 13.2. The van der Waals surface area contributed by atoms with Crippen LogP contribution >= 0.6 is 0 Å². The van der Waals surface area contributed by atoms with E-state index in [1.807, 2.05) is 0 Å². The molecule has 0 aromatic heterocycles. The Bertz CT molecular complexity index is 1020. The standard InChI is InChI=1S/C28H40N2O8/c1-5-7-8-9-10-11-12-13-14-18-36-28(32)38-26-21(4)29-20(3)25(37-27(31)35-6-2)24(26)22-16-15-17-23(19-22)30(33)34/h15-17,19,24,29H,5-14,18H2,1-4H3. The van der Waals surface area contributed by atoms with E-state index in [2.05, 4.69) is 12.2 Å². The lowest BCUT2D eigenvalue weighted by Crippen LogP contribution is -2.29. The number of ether oxygens (including phenoxy) is 4. The number of non-ortho nitro benzene ring substituents is 1. The van der Waals surface area contributed by atoms with Crippen LogP contribution in [0.4, 0.5) is 15.3 Å². The summed E-state index contributed by atoms with van der Waals surface area (Å²) in [5, 5.41) is 14.4. The van der Waals surface area contributed by atoms with Crippen molar-refractivity contribution in [2.45, 2.75) is 91.4 Å². The molecule has 1 aromatic rings. The predicted molar refractivity (Wildman–Crippen MR) is 142 cm³/mol. The molecule has 0 spiro atoms. The molecule has 1 atom stereocenters. The van der Waals surface area contributed by atoms with Crippen molar-refractivity contribution in [2.24, 2.45) is 0 Å². The summed E-state index contributed by atoms with van der Waals surface area (Å²) in [5.41, 5.74) is 1.21. The van der Waals surface area contributed by atoms with Crippen LogP contribution < -0.4 is 5.32 Å².